The number of aromatic nitrogens is 4. The smallest absolute Gasteiger partial charge is 0.266 e. The molecule has 8 rings (SSSR count). The SMILES string of the molecule is O=C1CCC(N2C(=O)c3cccc(OCCCCCN4CCN(c5ccc(Nc6ncc7ccc(C#Cc8cc(F)cc(F)c8)n7n6)cn5)CC4)c3C2=O)C(=O)N1. The maximum Gasteiger partial charge on any atom is 0.266 e. The second kappa shape index (κ2) is 16.2. The number of pyridine rings is 1. The zero-order valence-corrected chi connectivity index (χ0v) is 30.7. The van der Waals surface area contributed by atoms with E-state index in [1.807, 2.05) is 18.2 Å². The summed E-state index contributed by atoms with van der Waals surface area (Å²) < 4.78 is 34.7. The minimum atomic E-state index is -1.02. The Hall–Kier alpha value is -6.73. The van der Waals surface area contributed by atoms with Crippen LogP contribution in [0.4, 0.5) is 26.2 Å². The summed E-state index contributed by atoms with van der Waals surface area (Å²) in [5.74, 6) is 3.66. The number of halogens is 2. The summed E-state index contributed by atoms with van der Waals surface area (Å²) in [7, 11) is 0. The number of hydrogen-bond acceptors (Lipinski definition) is 11. The third-order valence-corrected chi connectivity index (χ3v) is 10.1. The van der Waals surface area contributed by atoms with Gasteiger partial charge in [0.25, 0.3) is 11.8 Å². The van der Waals surface area contributed by atoms with Gasteiger partial charge in [0.15, 0.2) is 0 Å². The van der Waals surface area contributed by atoms with Gasteiger partial charge in [0.05, 0.1) is 41.3 Å². The molecule has 0 spiro atoms. The molecular formula is C41H37F2N9O5. The molecule has 290 valence electrons. The Morgan fingerprint density at radius 2 is 1.68 bits per heavy atom. The number of ether oxygens (including phenoxy) is 1. The molecule has 2 saturated heterocycles. The van der Waals surface area contributed by atoms with E-state index in [4.69, 9.17) is 4.74 Å². The molecular weight excluding hydrogens is 737 g/mol. The molecule has 57 heavy (non-hydrogen) atoms. The van der Waals surface area contributed by atoms with Crippen molar-refractivity contribution < 1.29 is 32.7 Å². The lowest BCUT2D eigenvalue weighted by Gasteiger charge is -2.35. The molecule has 2 N–H and O–H groups in total. The number of unbranched alkanes of at least 4 members (excludes halogenated alkanes) is 2. The molecule has 5 aromatic rings. The minimum absolute atomic E-state index is 0.0626. The Kier molecular flexibility index (Phi) is 10.6. The minimum Gasteiger partial charge on any atom is -0.493 e. The van der Waals surface area contributed by atoms with Crippen LogP contribution in [-0.4, -0.2) is 98.4 Å². The summed E-state index contributed by atoms with van der Waals surface area (Å²) in [5, 5.41) is 9.93. The fourth-order valence-corrected chi connectivity index (χ4v) is 7.19. The van der Waals surface area contributed by atoms with Crippen LogP contribution in [0.3, 0.4) is 0 Å². The van der Waals surface area contributed by atoms with Gasteiger partial charge in [-0.15, -0.1) is 5.10 Å². The first-order chi connectivity index (χ1) is 27.7. The number of amides is 4. The maximum absolute atomic E-state index is 13.6. The van der Waals surface area contributed by atoms with Crippen LogP contribution >= 0.6 is 0 Å². The van der Waals surface area contributed by atoms with E-state index in [1.165, 1.54) is 12.1 Å². The monoisotopic (exact) mass is 773 g/mol. The molecule has 1 atom stereocenters. The van der Waals surface area contributed by atoms with Crippen molar-refractivity contribution in [3.8, 4) is 17.6 Å². The van der Waals surface area contributed by atoms with Crippen molar-refractivity contribution in [3.63, 3.8) is 0 Å². The fraction of sp³-hybridized carbons (Fsp3) is 0.293. The molecule has 2 fully saturated rings. The molecule has 16 heteroatoms. The number of benzene rings is 2. The van der Waals surface area contributed by atoms with Crippen molar-refractivity contribution in [2.24, 2.45) is 0 Å². The Morgan fingerprint density at radius 1 is 0.860 bits per heavy atom. The normalized spacial score (nSPS) is 17.1. The van der Waals surface area contributed by atoms with Crippen LogP contribution in [0, 0.1) is 23.5 Å². The highest BCUT2D eigenvalue weighted by atomic mass is 19.1. The molecule has 0 radical (unpaired) electrons. The molecule has 0 aliphatic carbocycles. The van der Waals surface area contributed by atoms with Crippen LogP contribution < -0.4 is 20.3 Å². The number of hydrogen-bond donors (Lipinski definition) is 2. The summed E-state index contributed by atoms with van der Waals surface area (Å²) in [6, 6.07) is 14.4. The Bertz CT molecular complexity index is 2420. The average molecular weight is 774 g/mol. The van der Waals surface area contributed by atoms with Gasteiger partial charge in [-0.05, 0) is 86.7 Å². The van der Waals surface area contributed by atoms with Crippen LogP contribution in [0.5, 0.6) is 5.75 Å². The summed E-state index contributed by atoms with van der Waals surface area (Å²) in [4.78, 5) is 65.0. The van der Waals surface area contributed by atoms with Gasteiger partial charge in [-0.3, -0.25) is 34.3 Å². The van der Waals surface area contributed by atoms with E-state index < -0.39 is 41.3 Å². The van der Waals surface area contributed by atoms with Crippen LogP contribution in [-0.2, 0) is 9.59 Å². The lowest BCUT2D eigenvalue weighted by molar-refractivity contribution is -0.136. The Balaban J connectivity index is 0.769. The molecule has 2 aromatic carbocycles. The van der Waals surface area contributed by atoms with Gasteiger partial charge in [-0.1, -0.05) is 12.0 Å². The fourth-order valence-electron chi connectivity index (χ4n) is 7.19. The predicted octanol–water partition coefficient (Wildman–Crippen LogP) is 4.32. The Labute approximate surface area is 325 Å². The summed E-state index contributed by atoms with van der Waals surface area (Å²) in [5.41, 5.74) is 2.54. The number of piperazine rings is 1. The third kappa shape index (κ3) is 8.14. The molecule has 6 heterocycles. The number of nitrogens with one attached hydrogen (secondary N) is 2. The zero-order valence-electron chi connectivity index (χ0n) is 30.7. The van der Waals surface area contributed by atoms with E-state index in [0.717, 1.165) is 68.8 Å². The van der Waals surface area contributed by atoms with Gasteiger partial charge >= 0.3 is 0 Å². The van der Waals surface area contributed by atoms with Crippen LogP contribution in [0.1, 0.15) is 64.1 Å². The summed E-state index contributed by atoms with van der Waals surface area (Å²) in [6.07, 6.45) is 6.22. The molecule has 0 bridgehead atoms. The van der Waals surface area contributed by atoms with Gasteiger partial charge in [0.1, 0.15) is 34.9 Å². The third-order valence-electron chi connectivity index (χ3n) is 10.1. The van der Waals surface area contributed by atoms with Crippen molar-refractivity contribution in [3.05, 3.63) is 107 Å². The first kappa shape index (κ1) is 37.2. The molecule has 3 aliphatic rings. The number of carbonyl (C=O) groups excluding carboxylic acids is 4. The van der Waals surface area contributed by atoms with Crippen molar-refractivity contribution in [2.45, 2.75) is 38.1 Å². The van der Waals surface area contributed by atoms with Crippen molar-refractivity contribution in [2.75, 3.05) is 49.5 Å². The number of rotatable bonds is 11. The highest BCUT2D eigenvalue weighted by Crippen LogP contribution is 2.34. The van der Waals surface area contributed by atoms with E-state index in [0.29, 0.717) is 35.2 Å². The summed E-state index contributed by atoms with van der Waals surface area (Å²) in [6.45, 7) is 4.80. The maximum atomic E-state index is 13.6. The van der Waals surface area contributed by atoms with Crippen molar-refractivity contribution in [1.29, 1.82) is 0 Å². The zero-order chi connectivity index (χ0) is 39.5. The van der Waals surface area contributed by atoms with Gasteiger partial charge < -0.3 is 15.0 Å². The highest BCUT2D eigenvalue weighted by molar-refractivity contribution is 6.24. The number of piperidine rings is 1. The Morgan fingerprint density at radius 3 is 2.46 bits per heavy atom. The first-order valence-electron chi connectivity index (χ1n) is 18.7. The van der Waals surface area contributed by atoms with Gasteiger partial charge in [0.2, 0.25) is 17.8 Å². The van der Waals surface area contributed by atoms with Crippen molar-refractivity contribution in [1.82, 2.24) is 34.7 Å². The molecule has 14 nitrogen and oxygen atoms in total. The highest BCUT2D eigenvalue weighted by Gasteiger charge is 2.46. The molecule has 3 aliphatic heterocycles. The second-order valence-electron chi connectivity index (χ2n) is 13.9. The van der Waals surface area contributed by atoms with E-state index in [1.54, 1.807) is 41.2 Å². The van der Waals surface area contributed by atoms with E-state index in [-0.39, 0.29) is 29.5 Å². The van der Waals surface area contributed by atoms with Crippen LogP contribution in [0.25, 0.3) is 5.52 Å². The van der Waals surface area contributed by atoms with E-state index >= 15 is 0 Å². The lowest BCUT2D eigenvalue weighted by Crippen LogP contribution is -2.54. The summed E-state index contributed by atoms with van der Waals surface area (Å²) >= 11 is 0. The average Bonchev–Trinajstić information content (AvgIpc) is 3.72. The number of nitrogens with zero attached hydrogens (tertiary/aromatic N) is 7. The predicted molar refractivity (Wildman–Crippen MR) is 204 cm³/mol. The first-order valence-corrected chi connectivity index (χ1v) is 18.7. The van der Waals surface area contributed by atoms with Gasteiger partial charge in [0, 0.05) is 44.2 Å². The topological polar surface area (TPSA) is 154 Å². The van der Waals surface area contributed by atoms with Crippen LogP contribution in [0.15, 0.2) is 73.1 Å². The van der Waals surface area contributed by atoms with E-state index in [9.17, 15) is 28.0 Å². The quantitative estimate of drug-likeness (QED) is 0.112. The largest absolute Gasteiger partial charge is 0.493 e. The number of fused-ring (bicyclic) bond motifs is 2. The number of carbonyl (C=O) groups is 4. The number of imide groups is 2. The van der Waals surface area contributed by atoms with Crippen LogP contribution in [0.2, 0.25) is 0 Å². The van der Waals surface area contributed by atoms with Crippen molar-refractivity contribution >= 4 is 46.6 Å². The lowest BCUT2D eigenvalue weighted by atomic mass is 10.0. The molecule has 4 amide bonds. The molecule has 1 unspecified atom stereocenters. The molecule has 3 aromatic heterocycles. The van der Waals surface area contributed by atoms with Gasteiger partial charge in [-0.25, -0.2) is 23.3 Å². The van der Waals surface area contributed by atoms with Gasteiger partial charge in [-0.2, -0.15) is 0 Å². The standard InChI is InChI=1S/C41H37F2N9O5/c42-27-21-26(22-28(43)23-27)7-9-30-10-11-31-25-45-41(48-52(30)31)46-29-8-13-35(44-24-29)50-18-16-49(17-19-50)15-2-1-3-20-57-34-6-4-5-32-37(34)40(56)51(39(32)55)33-12-14-36(53)47-38(33)54/h4-6,8,10-11,13,21-25,33H,1-3,12,14-20H2,(H,46,48)(H,47,53,54). The molecule has 0 saturated carbocycles. The van der Waals surface area contributed by atoms with E-state index in [2.05, 4.69) is 47.3 Å². The number of anilines is 3. The second-order valence-corrected chi connectivity index (χ2v) is 13.9.